The van der Waals surface area contributed by atoms with Crippen LogP contribution in [0.1, 0.15) is 56.4 Å². The standard InChI is InChI=1S/C38H37F3N4O5S3/c1-37(2,3)49-36(46)45-30(16-19-33(45)34(50-51)27-5-4-20-42-22-27)21-24-6-14-29(15-7-24)44-53(47,48)31-17-10-26(11-18-31)35-43-32(23-52-35)25-8-12-28(13-9-25)38(39,40)41/h4-15,17-18,20,22-23,30,33-34,44,51H,16,19,21H2,1-3H3/t30-,33+,34+/m0/s1. The van der Waals surface area contributed by atoms with Crippen LogP contribution in [0.5, 0.6) is 0 Å². The highest BCUT2D eigenvalue weighted by Crippen LogP contribution is 2.38. The summed E-state index contributed by atoms with van der Waals surface area (Å²) < 4.78 is 79.4. The van der Waals surface area contributed by atoms with Gasteiger partial charge in [-0.2, -0.15) is 13.2 Å². The average molecular weight is 783 g/mol. The lowest BCUT2D eigenvalue weighted by Gasteiger charge is -2.35. The third-order valence-corrected chi connectivity index (χ3v) is 11.2. The second kappa shape index (κ2) is 15.5. The van der Waals surface area contributed by atoms with Crippen LogP contribution in [-0.2, 0) is 31.5 Å². The molecular formula is C38H37F3N4O5S3. The minimum absolute atomic E-state index is 0.0458. The lowest BCUT2D eigenvalue weighted by Crippen LogP contribution is -2.47. The van der Waals surface area contributed by atoms with Gasteiger partial charge in [0.15, 0.2) is 0 Å². The van der Waals surface area contributed by atoms with Gasteiger partial charge < -0.3 is 8.92 Å². The highest BCUT2D eigenvalue weighted by atomic mass is 32.2. The van der Waals surface area contributed by atoms with Crippen LogP contribution >= 0.6 is 24.2 Å². The molecule has 278 valence electrons. The number of thiazole rings is 1. The number of likely N-dealkylation sites (tertiary alicyclic amines) is 1. The van der Waals surface area contributed by atoms with Crippen molar-refractivity contribution in [1.82, 2.24) is 14.9 Å². The Bertz CT molecular complexity index is 2120. The monoisotopic (exact) mass is 782 g/mol. The first kappa shape index (κ1) is 38.3. The van der Waals surface area contributed by atoms with Gasteiger partial charge in [0, 0.05) is 46.2 Å². The van der Waals surface area contributed by atoms with Crippen LogP contribution in [0.3, 0.4) is 0 Å². The van der Waals surface area contributed by atoms with Gasteiger partial charge in [0.05, 0.1) is 22.2 Å². The second-order valence-electron chi connectivity index (χ2n) is 13.6. The average Bonchev–Trinajstić information content (AvgIpc) is 3.77. The van der Waals surface area contributed by atoms with Gasteiger partial charge in [-0.15, -0.1) is 11.3 Å². The number of rotatable bonds is 10. The number of hydrogen-bond acceptors (Lipinski definition) is 9. The predicted octanol–water partition coefficient (Wildman–Crippen LogP) is 9.60. The molecule has 3 atom stereocenters. The highest BCUT2D eigenvalue weighted by molar-refractivity contribution is 7.92. The lowest BCUT2D eigenvalue weighted by molar-refractivity contribution is -0.137. The summed E-state index contributed by atoms with van der Waals surface area (Å²) in [6, 6.07) is 21.1. The maximum absolute atomic E-state index is 13.6. The molecule has 1 fully saturated rings. The van der Waals surface area contributed by atoms with E-state index in [-0.39, 0.29) is 17.0 Å². The van der Waals surface area contributed by atoms with Crippen molar-refractivity contribution >= 4 is 46.1 Å². The van der Waals surface area contributed by atoms with Crippen LogP contribution in [0.15, 0.2) is 108 Å². The number of carbonyl (C=O) groups excluding carboxylic acids is 1. The van der Waals surface area contributed by atoms with E-state index in [1.807, 2.05) is 39.0 Å². The van der Waals surface area contributed by atoms with Crippen LogP contribution in [0.25, 0.3) is 21.8 Å². The Balaban J connectivity index is 1.12. The van der Waals surface area contributed by atoms with E-state index in [1.54, 1.807) is 53.0 Å². The number of amides is 1. The summed E-state index contributed by atoms with van der Waals surface area (Å²) in [5, 5.41) is 2.33. The van der Waals surface area contributed by atoms with E-state index in [9.17, 15) is 26.4 Å². The molecule has 6 rings (SSSR count). The number of pyridine rings is 1. The van der Waals surface area contributed by atoms with Crippen molar-refractivity contribution in [1.29, 1.82) is 0 Å². The van der Waals surface area contributed by atoms with Gasteiger partial charge in [-0.1, -0.05) is 42.5 Å². The van der Waals surface area contributed by atoms with E-state index in [0.29, 0.717) is 46.8 Å². The Morgan fingerprint density at radius 3 is 2.26 bits per heavy atom. The van der Waals surface area contributed by atoms with Crippen LogP contribution in [0.2, 0.25) is 0 Å². The number of nitrogens with zero attached hydrogens (tertiary/aromatic N) is 3. The van der Waals surface area contributed by atoms with Crippen molar-refractivity contribution < 1.29 is 35.3 Å². The highest BCUT2D eigenvalue weighted by Gasteiger charge is 2.44. The smallest absolute Gasteiger partial charge is 0.416 e. The third-order valence-electron chi connectivity index (χ3n) is 8.73. The van der Waals surface area contributed by atoms with Gasteiger partial charge in [0.2, 0.25) is 0 Å². The Kier molecular flexibility index (Phi) is 11.2. The Labute approximate surface area is 315 Å². The fourth-order valence-corrected chi connectivity index (χ4v) is 8.40. The molecule has 5 aromatic rings. The second-order valence-corrected chi connectivity index (χ2v) is 16.4. The summed E-state index contributed by atoms with van der Waals surface area (Å²) in [7, 11) is -3.94. The number of benzene rings is 3. The lowest BCUT2D eigenvalue weighted by atomic mass is 10.0. The number of aromatic nitrogens is 2. The van der Waals surface area contributed by atoms with Gasteiger partial charge in [0.25, 0.3) is 10.0 Å². The molecule has 15 heteroatoms. The maximum Gasteiger partial charge on any atom is 0.416 e. The molecule has 3 aromatic carbocycles. The molecule has 1 aliphatic heterocycles. The minimum atomic E-state index is -4.42. The van der Waals surface area contributed by atoms with E-state index in [0.717, 1.165) is 23.3 Å². The van der Waals surface area contributed by atoms with Crippen molar-refractivity contribution in [2.45, 2.75) is 74.9 Å². The molecular weight excluding hydrogens is 746 g/mol. The summed E-state index contributed by atoms with van der Waals surface area (Å²) in [6.07, 6.45) is -0.179. The van der Waals surface area contributed by atoms with Gasteiger partial charge >= 0.3 is 12.3 Å². The van der Waals surface area contributed by atoms with Crippen molar-refractivity contribution in [3.05, 3.63) is 119 Å². The van der Waals surface area contributed by atoms with Crippen LogP contribution in [0.4, 0.5) is 23.7 Å². The Morgan fingerprint density at radius 2 is 1.66 bits per heavy atom. The third kappa shape index (κ3) is 9.21. The summed E-state index contributed by atoms with van der Waals surface area (Å²) in [5.41, 5.74) is 2.35. The van der Waals surface area contributed by atoms with E-state index < -0.39 is 39.6 Å². The van der Waals surface area contributed by atoms with Gasteiger partial charge in [-0.25, -0.2) is 18.2 Å². The van der Waals surface area contributed by atoms with Crippen molar-refractivity contribution in [3.8, 4) is 21.8 Å². The molecule has 0 unspecified atom stereocenters. The van der Waals surface area contributed by atoms with Gasteiger partial charge in [-0.05, 0) is 101 Å². The zero-order chi connectivity index (χ0) is 38.0. The van der Waals surface area contributed by atoms with Crippen LogP contribution < -0.4 is 4.72 Å². The number of carbonyl (C=O) groups is 1. The Morgan fingerprint density at radius 1 is 0.981 bits per heavy atom. The number of sulfonamides is 1. The zero-order valence-electron chi connectivity index (χ0n) is 28.9. The van der Waals surface area contributed by atoms with Crippen LogP contribution in [-0.4, -0.2) is 47.1 Å². The zero-order valence-corrected chi connectivity index (χ0v) is 31.5. The fourth-order valence-electron chi connectivity index (χ4n) is 6.25. The first-order chi connectivity index (χ1) is 25.1. The van der Waals surface area contributed by atoms with Crippen LogP contribution in [0, 0.1) is 0 Å². The molecule has 3 heterocycles. The number of nitrogens with one attached hydrogen (secondary N) is 1. The number of anilines is 1. The first-order valence-corrected chi connectivity index (χ1v) is 19.4. The Hall–Kier alpha value is -4.44. The molecule has 2 aromatic heterocycles. The van der Waals surface area contributed by atoms with E-state index in [1.165, 1.54) is 35.6 Å². The summed E-state index contributed by atoms with van der Waals surface area (Å²) >= 11 is 5.45. The number of thiol groups is 1. The molecule has 0 spiro atoms. The number of ether oxygens (including phenoxy) is 1. The van der Waals surface area contributed by atoms with E-state index in [4.69, 9.17) is 8.92 Å². The van der Waals surface area contributed by atoms with Crippen molar-refractivity contribution in [2.24, 2.45) is 0 Å². The van der Waals surface area contributed by atoms with Gasteiger partial charge in [0.1, 0.15) is 16.7 Å². The van der Waals surface area contributed by atoms with Crippen molar-refractivity contribution in [3.63, 3.8) is 0 Å². The largest absolute Gasteiger partial charge is 0.444 e. The molecule has 1 aliphatic rings. The molecule has 1 N–H and O–H groups in total. The molecule has 9 nitrogen and oxygen atoms in total. The molecule has 1 amide bonds. The van der Waals surface area contributed by atoms with E-state index >= 15 is 0 Å². The normalized spacial score (nSPS) is 17.1. The van der Waals surface area contributed by atoms with Crippen molar-refractivity contribution in [2.75, 3.05) is 4.72 Å². The number of halogens is 3. The first-order valence-electron chi connectivity index (χ1n) is 16.7. The molecule has 53 heavy (non-hydrogen) atoms. The van der Waals surface area contributed by atoms with Gasteiger partial charge in [-0.3, -0.25) is 14.6 Å². The molecule has 0 bridgehead atoms. The summed E-state index contributed by atoms with van der Waals surface area (Å²) in [4.78, 5) is 24.1. The quantitative estimate of drug-likeness (QED) is 0.107. The topological polar surface area (TPSA) is 111 Å². The fraction of sp³-hybridized carbons (Fsp3) is 0.289. The van der Waals surface area contributed by atoms with E-state index in [2.05, 4.69) is 27.6 Å². The summed E-state index contributed by atoms with van der Waals surface area (Å²) in [6.45, 7) is 5.45. The summed E-state index contributed by atoms with van der Waals surface area (Å²) in [5.74, 6) is 0. The number of hydrogen-bond donors (Lipinski definition) is 2. The molecule has 0 radical (unpaired) electrons. The molecule has 0 saturated carbocycles. The number of alkyl halides is 3. The molecule has 0 aliphatic carbocycles. The predicted molar refractivity (Wildman–Crippen MR) is 201 cm³/mol. The SMILES string of the molecule is CC(C)(C)OC(=O)N1[C@H](Cc2ccc(NS(=O)(=O)c3ccc(-c4nc(-c5ccc(C(F)(F)F)cc5)cs4)cc3)cc2)CC[C@@H]1[C@H](OS)c1cccnc1. The molecule has 1 saturated heterocycles. The maximum atomic E-state index is 13.6. The minimum Gasteiger partial charge on any atom is -0.444 e.